The smallest absolute Gasteiger partial charge is 0.253 e. The number of hydrogen-bond donors (Lipinski definition) is 2. The van der Waals surface area contributed by atoms with Gasteiger partial charge in [-0.25, -0.2) is 0 Å². The third-order valence-electron chi connectivity index (χ3n) is 5.08. The normalized spacial score (nSPS) is 15.1. The molecule has 2 amide bonds. The molecular formula is C23H23N3O3. The molecule has 0 unspecified atom stereocenters. The largest absolute Gasteiger partial charge is 0.467 e. The maximum absolute atomic E-state index is 12.9. The van der Waals surface area contributed by atoms with Crippen molar-refractivity contribution in [1.29, 1.82) is 0 Å². The van der Waals surface area contributed by atoms with E-state index in [0.717, 1.165) is 12.1 Å². The summed E-state index contributed by atoms with van der Waals surface area (Å²) in [6.07, 6.45) is 2.42. The fraction of sp³-hybridized carbons (Fsp3) is 0.217. The average molecular weight is 389 g/mol. The van der Waals surface area contributed by atoms with Gasteiger partial charge in [0.1, 0.15) is 5.76 Å². The molecule has 0 aliphatic carbocycles. The van der Waals surface area contributed by atoms with E-state index in [-0.39, 0.29) is 24.4 Å². The summed E-state index contributed by atoms with van der Waals surface area (Å²) in [6.45, 7) is 2.47. The molecule has 0 bridgehead atoms. The molecule has 0 spiro atoms. The highest BCUT2D eigenvalue weighted by Gasteiger charge is 2.30. The van der Waals surface area contributed by atoms with Gasteiger partial charge in [-0.1, -0.05) is 30.3 Å². The molecule has 2 heterocycles. The SMILES string of the molecule is C[C@@H]1Cc2ccccc2N1C(=O)CNc1ccccc1C(=O)NCc1ccco1. The van der Waals surface area contributed by atoms with E-state index in [0.29, 0.717) is 23.6 Å². The second-order valence-corrected chi connectivity index (χ2v) is 7.11. The van der Waals surface area contributed by atoms with Gasteiger partial charge < -0.3 is 20.0 Å². The number of benzene rings is 2. The molecule has 4 rings (SSSR count). The van der Waals surface area contributed by atoms with Crippen molar-refractivity contribution in [1.82, 2.24) is 5.32 Å². The summed E-state index contributed by atoms with van der Waals surface area (Å²) < 4.78 is 5.24. The Hall–Kier alpha value is -3.54. The average Bonchev–Trinajstić information content (AvgIpc) is 3.37. The molecular weight excluding hydrogens is 366 g/mol. The van der Waals surface area contributed by atoms with Crippen LogP contribution in [-0.2, 0) is 17.8 Å². The minimum absolute atomic E-state index is 0.0201. The van der Waals surface area contributed by atoms with Crippen molar-refractivity contribution in [3.63, 3.8) is 0 Å². The van der Waals surface area contributed by atoms with Crippen LogP contribution in [0.25, 0.3) is 0 Å². The Labute approximate surface area is 169 Å². The first-order valence-electron chi connectivity index (χ1n) is 9.67. The predicted octanol–water partition coefficient (Wildman–Crippen LogP) is 3.60. The molecule has 2 aromatic carbocycles. The van der Waals surface area contributed by atoms with Crippen molar-refractivity contribution in [2.75, 3.05) is 16.8 Å². The molecule has 0 saturated carbocycles. The zero-order chi connectivity index (χ0) is 20.2. The van der Waals surface area contributed by atoms with E-state index < -0.39 is 0 Å². The van der Waals surface area contributed by atoms with Crippen molar-refractivity contribution >= 4 is 23.2 Å². The first kappa shape index (κ1) is 18.8. The van der Waals surface area contributed by atoms with Gasteiger partial charge in [-0.3, -0.25) is 9.59 Å². The summed E-state index contributed by atoms with van der Waals surface area (Å²) in [5.41, 5.74) is 3.27. The summed E-state index contributed by atoms with van der Waals surface area (Å²) in [4.78, 5) is 27.3. The van der Waals surface area contributed by atoms with Crippen LogP contribution in [0.15, 0.2) is 71.3 Å². The van der Waals surface area contributed by atoms with E-state index in [4.69, 9.17) is 4.42 Å². The van der Waals surface area contributed by atoms with E-state index in [2.05, 4.69) is 16.7 Å². The van der Waals surface area contributed by atoms with Gasteiger partial charge in [-0.2, -0.15) is 0 Å². The molecule has 1 aromatic heterocycles. The van der Waals surface area contributed by atoms with Crippen LogP contribution >= 0.6 is 0 Å². The lowest BCUT2D eigenvalue weighted by Gasteiger charge is -2.23. The van der Waals surface area contributed by atoms with Crippen LogP contribution in [0.5, 0.6) is 0 Å². The van der Waals surface area contributed by atoms with Gasteiger partial charge in [0.05, 0.1) is 24.9 Å². The minimum Gasteiger partial charge on any atom is -0.467 e. The molecule has 6 nitrogen and oxygen atoms in total. The standard InChI is InChI=1S/C23H23N3O3/c1-16-13-17-7-2-5-11-21(17)26(16)22(27)15-24-20-10-4-3-9-19(20)23(28)25-14-18-8-6-12-29-18/h2-12,16,24H,13-15H2,1H3,(H,25,28)/t16-/m1/s1. The number of furan rings is 1. The molecule has 0 fully saturated rings. The van der Waals surface area contributed by atoms with Crippen molar-refractivity contribution in [2.24, 2.45) is 0 Å². The molecule has 1 aliphatic rings. The maximum atomic E-state index is 12.9. The predicted molar refractivity (Wildman–Crippen MR) is 112 cm³/mol. The summed E-state index contributed by atoms with van der Waals surface area (Å²) in [6, 6.07) is 18.9. The Morgan fingerprint density at radius 2 is 1.86 bits per heavy atom. The van der Waals surface area contributed by atoms with Crippen LogP contribution < -0.4 is 15.5 Å². The Balaban J connectivity index is 1.42. The van der Waals surface area contributed by atoms with Gasteiger partial charge >= 0.3 is 0 Å². The van der Waals surface area contributed by atoms with Crippen LogP contribution in [0.1, 0.15) is 28.6 Å². The number of nitrogens with zero attached hydrogens (tertiary/aromatic N) is 1. The molecule has 1 atom stereocenters. The number of anilines is 2. The number of fused-ring (bicyclic) bond motifs is 1. The van der Waals surface area contributed by atoms with E-state index >= 15 is 0 Å². The van der Waals surface area contributed by atoms with Crippen LogP contribution in [0.3, 0.4) is 0 Å². The molecule has 1 aliphatic heterocycles. The van der Waals surface area contributed by atoms with Crippen molar-refractivity contribution in [2.45, 2.75) is 25.9 Å². The van der Waals surface area contributed by atoms with Crippen molar-refractivity contribution in [3.05, 3.63) is 83.8 Å². The summed E-state index contributed by atoms with van der Waals surface area (Å²) in [5, 5.41) is 5.98. The Kier molecular flexibility index (Phi) is 5.33. The highest BCUT2D eigenvalue weighted by Crippen LogP contribution is 2.31. The van der Waals surface area contributed by atoms with Gasteiger partial charge in [0.25, 0.3) is 5.91 Å². The monoisotopic (exact) mass is 389 g/mol. The molecule has 0 saturated heterocycles. The first-order valence-corrected chi connectivity index (χ1v) is 9.67. The molecule has 6 heteroatoms. The number of nitrogens with one attached hydrogen (secondary N) is 2. The van der Waals surface area contributed by atoms with Gasteiger partial charge in [0.2, 0.25) is 5.91 Å². The van der Waals surface area contributed by atoms with E-state index in [1.54, 1.807) is 36.6 Å². The number of amides is 2. The highest BCUT2D eigenvalue weighted by atomic mass is 16.3. The van der Waals surface area contributed by atoms with Gasteiger partial charge in [-0.15, -0.1) is 0 Å². The lowest BCUT2D eigenvalue weighted by molar-refractivity contribution is -0.117. The summed E-state index contributed by atoms with van der Waals surface area (Å²) >= 11 is 0. The second kappa shape index (κ2) is 8.22. The van der Waals surface area contributed by atoms with Crippen LogP contribution in [-0.4, -0.2) is 24.4 Å². The van der Waals surface area contributed by atoms with E-state index in [9.17, 15) is 9.59 Å². The van der Waals surface area contributed by atoms with Crippen molar-refractivity contribution in [3.8, 4) is 0 Å². The number of carbonyl (C=O) groups is 2. The molecule has 3 aromatic rings. The Morgan fingerprint density at radius 1 is 1.07 bits per heavy atom. The van der Waals surface area contributed by atoms with Crippen LogP contribution in [0.2, 0.25) is 0 Å². The molecule has 148 valence electrons. The number of carbonyl (C=O) groups excluding carboxylic acids is 2. The Morgan fingerprint density at radius 3 is 2.69 bits per heavy atom. The molecule has 0 radical (unpaired) electrons. The van der Waals surface area contributed by atoms with Gasteiger partial charge in [0.15, 0.2) is 0 Å². The lowest BCUT2D eigenvalue weighted by Crippen LogP contribution is -2.39. The zero-order valence-electron chi connectivity index (χ0n) is 16.2. The minimum atomic E-state index is -0.225. The topological polar surface area (TPSA) is 74.6 Å². The third-order valence-corrected chi connectivity index (χ3v) is 5.08. The van der Waals surface area contributed by atoms with Gasteiger partial charge in [0, 0.05) is 17.4 Å². The first-order chi connectivity index (χ1) is 14.1. The third kappa shape index (κ3) is 4.01. The summed E-state index contributed by atoms with van der Waals surface area (Å²) in [7, 11) is 0. The maximum Gasteiger partial charge on any atom is 0.253 e. The quantitative estimate of drug-likeness (QED) is 0.676. The lowest BCUT2D eigenvalue weighted by atomic mass is 10.1. The number of para-hydroxylation sites is 2. The van der Waals surface area contributed by atoms with E-state index in [1.807, 2.05) is 36.1 Å². The zero-order valence-corrected chi connectivity index (χ0v) is 16.2. The summed E-state index contributed by atoms with van der Waals surface area (Å²) in [5.74, 6) is 0.436. The molecule has 2 N–H and O–H groups in total. The fourth-order valence-corrected chi connectivity index (χ4v) is 3.71. The fourth-order valence-electron chi connectivity index (χ4n) is 3.71. The van der Waals surface area contributed by atoms with E-state index in [1.165, 1.54) is 5.56 Å². The second-order valence-electron chi connectivity index (χ2n) is 7.11. The van der Waals surface area contributed by atoms with Crippen LogP contribution in [0, 0.1) is 0 Å². The van der Waals surface area contributed by atoms with Crippen molar-refractivity contribution < 1.29 is 14.0 Å². The number of hydrogen-bond acceptors (Lipinski definition) is 4. The van der Waals surface area contributed by atoms with Gasteiger partial charge in [-0.05, 0) is 49.2 Å². The number of rotatable bonds is 6. The Bertz CT molecular complexity index is 1010. The molecule has 29 heavy (non-hydrogen) atoms. The van der Waals surface area contributed by atoms with Crippen LogP contribution in [0.4, 0.5) is 11.4 Å². The highest BCUT2D eigenvalue weighted by molar-refractivity contribution is 6.02.